The maximum atomic E-state index is 12.5. The normalized spacial score (nSPS) is 14.2. The second kappa shape index (κ2) is 8.53. The number of carbonyl (C=O) groups is 1. The zero-order chi connectivity index (χ0) is 22.9. The van der Waals surface area contributed by atoms with E-state index >= 15 is 0 Å². The predicted molar refractivity (Wildman–Crippen MR) is 122 cm³/mol. The van der Waals surface area contributed by atoms with Crippen molar-refractivity contribution in [3.8, 4) is 0 Å². The van der Waals surface area contributed by atoms with Gasteiger partial charge in [-0.2, -0.15) is 0 Å². The molecule has 0 saturated heterocycles. The summed E-state index contributed by atoms with van der Waals surface area (Å²) in [4.78, 5) is 21.7. The van der Waals surface area contributed by atoms with Crippen molar-refractivity contribution >= 4 is 16.9 Å². The van der Waals surface area contributed by atoms with Crippen LogP contribution < -0.4 is 5.32 Å². The molecule has 0 aliphatic heterocycles. The maximum absolute atomic E-state index is 12.5. The number of benzene rings is 2. The van der Waals surface area contributed by atoms with Crippen LogP contribution in [0.1, 0.15) is 39.9 Å². The zero-order valence-corrected chi connectivity index (χ0v) is 18.3. The first-order valence-electron chi connectivity index (χ1n) is 10.5. The van der Waals surface area contributed by atoms with Gasteiger partial charge in [-0.3, -0.25) is 9.78 Å². The molecule has 0 bridgehead atoms. The minimum absolute atomic E-state index is 0.167. The lowest BCUT2D eigenvalue weighted by Crippen LogP contribution is -2.34. The zero-order valence-electron chi connectivity index (χ0n) is 18.3. The number of amides is 1. The third kappa shape index (κ3) is 3.77. The molecule has 0 saturated carbocycles. The third-order valence-corrected chi connectivity index (χ3v) is 5.57. The van der Waals surface area contributed by atoms with E-state index in [1.165, 1.54) is 0 Å². The summed E-state index contributed by atoms with van der Waals surface area (Å²) >= 11 is 0. The Kier molecular flexibility index (Phi) is 5.78. The number of nitrogens with zero attached hydrogens (tertiary/aromatic N) is 3. The number of imidazole rings is 1. The number of rotatable bonds is 6. The Labute approximate surface area is 186 Å². The van der Waals surface area contributed by atoms with Crippen LogP contribution in [0.2, 0.25) is 0 Å². The van der Waals surface area contributed by atoms with Crippen LogP contribution >= 0.6 is 0 Å². The Morgan fingerprint density at radius 2 is 1.91 bits per heavy atom. The Morgan fingerprint density at radius 3 is 2.59 bits per heavy atom. The lowest BCUT2D eigenvalue weighted by molar-refractivity contribution is 0.0924. The maximum Gasteiger partial charge on any atom is 0.251 e. The average molecular weight is 431 g/mol. The minimum atomic E-state index is -1.59. The van der Waals surface area contributed by atoms with Crippen molar-refractivity contribution in [3.05, 3.63) is 95.1 Å². The number of aromatic nitrogens is 3. The van der Waals surface area contributed by atoms with Crippen molar-refractivity contribution in [2.45, 2.75) is 25.6 Å². The van der Waals surface area contributed by atoms with Crippen molar-refractivity contribution < 1.29 is 15.0 Å². The largest absolute Gasteiger partial charge is 0.392 e. The number of aliphatic hydroxyl groups excluding tert-OH is 1. The number of hydrogen-bond donors (Lipinski definition) is 3. The Morgan fingerprint density at radius 1 is 1.16 bits per heavy atom. The van der Waals surface area contributed by atoms with Gasteiger partial charge in [-0.1, -0.05) is 36.4 Å². The monoisotopic (exact) mass is 430 g/mol. The summed E-state index contributed by atoms with van der Waals surface area (Å²) in [6.07, 6.45) is 1.03. The average Bonchev–Trinajstić information content (AvgIpc) is 3.14. The number of fused-ring (bicyclic) bond motifs is 1. The van der Waals surface area contributed by atoms with E-state index in [-0.39, 0.29) is 12.5 Å². The number of nitrogens with one attached hydrogen (secondary N) is 1. The fourth-order valence-corrected chi connectivity index (χ4v) is 3.91. The molecule has 2 unspecified atom stereocenters. The van der Waals surface area contributed by atoms with Gasteiger partial charge in [-0.25, -0.2) is 4.98 Å². The topological polar surface area (TPSA) is 100 Å². The second-order valence-electron chi connectivity index (χ2n) is 8.00. The van der Waals surface area contributed by atoms with Crippen molar-refractivity contribution in [1.29, 1.82) is 0 Å². The summed E-state index contributed by atoms with van der Waals surface area (Å²) in [5, 5.41) is 24.3. The Hall–Kier alpha value is -3.55. The lowest BCUT2D eigenvalue weighted by Gasteiger charge is -2.29. The van der Waals surface area contributed by atoms with Gasteiger partial charge in [0.05, 0.1) is 22.8 Å². The van der Waals surface area contributed by atoms with E-state index in [0.717, 1.165) is 5.56 Å². The molecule has 0 aliphatic carbocycles. The van der Waals surface area contributed by atoms with Crippen molar-refractivity contribution in [2.75, 3.05) is 6.54 Å². The highest BCUT2D eigenvalue weighted by Crippen LogP contribution is 2.37. The molecule has 4 aromatic rings. The smallest absolute Gasteiger partial charge is 0.251 e. The van der Waals surface area contributed by atoms with Crippen LogP contribution in [-0.4, -0.2) is 43.3 Å². The molecule has 0 aliphatic rings. The number of carbonyl (C=O) groups excluding carboxylic acids is 1. The summed E-state index contributed by atoms with van der Waals surface area (Å²) in [5.74, 6) is 0.122. The van der Waals surface area contributed by atoms with E-state index in [1.54, 1.807) is 35.9 Å². The molecule has 2 aromatic heterocycles. The highest BCUT2D eigenvalue weighted by molar-refractivity contribution is 5.97. The molecule has 7 nitrogen and oxygen atoms in total. The number of aryl methyl sites for hydroxylation is 2. The predicted octanol–water partition coefficient (Wildman–Crippen LogP) is 2.67. The van der Waals surface area contributed by atoms with Gasteiger partial charge >= 0.3 is 0 Å². The van der Waals surface area contributed by atoms with Crippen LogP contribution in [0.25, 0.3) is 11.0 Å². The molecule has 164 valence electrons. The van der Waals surface area contributed by atoms with Crippen LogP contribution in [0.3, 0.4) is 0 Å². The van der Waals surface area contributed by atoms with E-state index in [1.807, 2.05) is 56.4 Å². The van der Waals surface area contributed by atoms with Crippen LogP contribution in [-0.2, 0) is 12.6 Å². The van der Waals surface area contributed by atoms with Gasteiger partial charge in [-0.15, -0.1) is 0 Å². The summed E-state index contributed by atoms with van der Waals surface area (Å²) in [7, 11) is 1.81. The van der Waals surface area contributed by atoms with Crippen LogP contribution in [0.4, 0.5) is 0 Å². The third-order valence-electron chi connectivity index (χ3n) is 5.57. The van der Waals surface area contributed by atoms with E-state index in [0.29, 0.717) is 33.7 Å². The molecule has 0 spiro atoms. The SMILES string of the molecule is Cc1cccnc1C(O)(c1ccccc1)c1nc2ccc(C(=O)NCC(C)O)cc2n1C. The highest BCUT2D eigenvalue weighted by atomic mass is 16.3. The van der Waals surface area contributed by atoms with Crippen molar-refractivity contribution in [2.24, 2.45) is 7.05 Å². The van der Waals surface area contributed by atoms with E-state index in [4.69, 9.17) is 4.98 Å². The van der Waals surface area contributed by atoms with E-state index in [9.17, 15) is 15.0 Å². The highest BCUT2D eigenvalue weighted by Gasteiger charge is 2.41. The van der Waals surface area contributed by atoms with Gasteiger partial charge in [-0.05, 0) is 49.2 Å². The van der Waals surface area contributed by atoms with Gasteiger partial charge in [0.25, 0.3) is 5.91 Å². The fourth-order valence-electron chi connectivity index (χ4n) is 3.91. The van der Waals surface area contributed by atoms with Crippen molar-refractivity contribution in [3.63, 3.8) is 0 Å². The summed E-state index contributed by atoms with van der Waals surface area (Å²) in [5.41, 5.74) is 2.20. The lowest BCUT2D eigenvalue weighted by atomic mass is 9.86. The number of hydrogen-bond acceptors (Lipinski definition) is 5. The van der Waals surface area contributed by atoms with Gasteiger partial charge in [0.15, 0.2) is 11.4 Å². The van der Waals surface area contributed by atoms with Crippen molar-refractivity contribution in [1.82, 2.24) is 19.9 Å². The number of pyridine rings is 1. The van der Waals surface area contributed by atoms with Gasteiger partial charge in [0, 0.05) is 25.4 Å². The van der Waals surface area contributed by atoms with Crippen LogP contribution in [0, 0.1) is 6.92 Å². The molecule has 0 radical (unpaired) electrons. The van der Waals surface area contributed by atoms with Crippen LogP contribution in [0.5, 0.6) is 0 Å². The van der Waals surface area contributed by atoms with Gasteiger partial charge in [0.1, 0.15) is 0 Å². The minimum Gasteiger partial charge on any atom is -0.392 e. The van der Waals surface area contributed by atoms with E-state index < -0.39 is 11.7 Å². The molecule has 32 heavy (non-hydrogen) atoms. The molecular weight excluding hydrogens is 404 g/mol. The summed E-state index contributed by atoms with van der Waals surface area (Å²) in [6.45, 7) is 3.69. The second-order valence-corrected chi connectivity index (χ2v) is 8.00. The molecule has 7 heteroatoms. The Balaban J connectivity index is 1.88. The quantitative estimate of drug-likeness (QED) is 0.437. The molecule has 3 N–H and O–H groups in total. The molecule has 4 rings (SSSR count). The summed E-state index contributed by atoms with van der Waals surface area (Å²) in [6, 6.07) is 18.2. The first-order valence-corrected chi connectivity index (χ1v) is 10.5. The molecule has 2 aromatic carbocycles. The molecule has 0 fully saturated rings. The van der Waals surface area contributed by atoms with Gasteiger partial charge < -0.3 is 20.1 Å². The first-order chi connectivity index (χ1) is 15.3. The van der Waals surface area contributed by atoms with Gasteiger partial charge in [0.2, 0.25) is 0 Å². The van der Waals surface area contributed by atoms with E-state index in [2.05, 4.69) is 10.3 Å². The number of aliphatic hydroxyl groups is 2. The molecule has 2 heterocycles. The molecule has 1 amide bonds. The first kappa shape index (κ1) is 21.7. The molecule has 2 atom stereocenters. The van der Waals surface area contributed by atoms with Crippen LogP contribution in [0.15, 0.2) is 66.9 Å². The Bertz CT molecular complexity index is 1270. The molecular formula is C25H26N4O3. The standard InChI is InChI=1S/C25H26N4O3/c1-16-8-7-13-26-22(16)25(32,19-9-5-4-6-10-19)24-28-20-12-11-18(14-21(20)29(24)3)23(31)27-15-17(2)30/h4-14,17,30,32H,15H2,1-3H3,(H,27,31). The fraction of sp³-hybridized carbons (Fsp3) is 0.240. The summed E-state index contributed by atoms with van der Waals surface area (Å²) < 4.78 is 1.79.